The summed E-state index contributed by atoms with van der Waals surface area (Å²) in [6.07, 6.45) is 33.2. The summed E-state index contributed by atoms with van der Waals surface area (Å²) in [5.41, 5.74) is 0. The average Bonchev–Trinajstić information content (AvgIpc) is 2.63. The highest BCUT2D eigenvalue weighted by Gasteiger charge is 1.95. The van der Waals surface area contributed by atoms with Gasteiger partial charge in [0.15, 0.2) is 0 Å². The van der Waals surface area contributed by atoms with E-state index in [4.69, 9.17) is 0 Å². The van der Waals surface area contributed by atoms with Gasteiger partial charge in [-0.25, -0.2) is 0 Å². The third kappa shape index (κ3) is 23.4. The van der Waals surface area contributed by atoms with Gasteiger partial charge in [-0.2, -0.15) is 0 Å². The second kappa shape index (κ2) is 23.4. The van der Waals surface area contributed by atoms with Crippen molar-refractivity contribution in [1.82, 2.24) is 0 Å². The smallest absolute Gasteiger partial charge is 0.225 e. The molecule has 0 bridgehead atoms. The summed E-state index contributed by atoms with van der Waals surface area (Å²) in [5.74, 6) is 0. The van der Waals surface area contributed by atoms with E-state index in [0.717, 1.165) is 6.42 Å². The molecule has 0 spiro atoms. The number of rotatable bonds is 21. The second-order valence-electron chi connectivity index (χ2n) is 7.67. The molecule has 1 heteroatoms. The van der Waals surface area contributed by atoms with Gasteiger partial charge in [0.2, 0.25) is 6.29 Å². The van der Waals surface area contributed by atoms with Crippen LogP contribution in [-0.2, 0) is 4.79 Å². The molecule has 0 aromatic carbocycles. The van der Waals surface area contributed by atoms with E-state index in [9.17, 15) is 4.79 Å². The van der Waals surface area contributed by atoms with Crippen molar-refractivity contribution in [2.75, 3.05) is 0 Å². The van der Waals surface area contributed by atoms with Crippen LogP contribution >= 0.6 is 0 Å². The Hall–Kier alpha value is -0.590. The molecule has 0 amide bonds. The largest absolute Gasteiger partial charge is 0.286 e. The van der Waals surface area contributed by atoms with E-state index in [1.807, 2.05) is 6.08 Å². The standard InChI is InChI=1S/C24H45O/c1-2-3-4-5-6-7-8-9-10-11-12-13-14-15-16-17-18-19-20-21-22-23-24-25/h22-23H,2-21H2,1H3/b23-22+. The fourth-order valence-electron chi connectivity index (χ4n) is 3.47. The van der Waals surface area contributed by atoms with Crippen molar-refractivity contribution in [3.63, 3.8) is 0 Å². The molecule has 147 valence electrons. The van der Waals surface area contributed by atoms with Gasteiger partial charge in [-0.3, -0.25) is 4.79 Å². The average molecular weight is 350 g/mol. The normalized spacial score (nSPS) is 11.4. The van der Waals surface area contributed by atoms with Crippen LogP contribution in [0.5, 0.6) is 0 Å². The molecule has 0 saturated carbocycles. The minimum Gasteiger partial charge on any atom is -0.286 e. The zero-order valence-corrected chi connectivity index (χ0v) is 17.2. The summed E-state index contributed by atoms with van der Waals surface area (Å²) in [7, 11) is 0. The van der Waals surface area contributed by atoms with Crippen molar-refractivity contribution < 1.29 is 4.79 Å². The first kappa shape index (κ1) is 24.4. The van der Waals surface area contributed by atoms with Crippen LogP contribution < -0.4 is 0 Å². The molecule has 0 aliphatic carbocycles. The van der Waals surface area contributed by atoms with Crippen LogP contribution in [0.25, 0.3) is 0 Å². The predicted molar refractivity (Wildman–Crippen MR) is 113 cm³/mol. The topological polar surface area (TPSA) is 17.1 Å². The van der Waals surface area contributed by atoms with E-state index < -0.39 is 0 Å². The van der Waals surface area contributed by atoms with E-state index >= 15 is 0 Å². The van der Waals surface area contributed by atoms with Crippen molar-refractivity contribution in [2.24, 2.45) is 0 Å². The van der Waals surface area contributed by atoms with Gasteiger partial charge in [0.25, 0.3) is 0 Å². The first-order valence-corrected chi connectivity index (χ1v) is 11.4. The van der Waals surface area contributed by atoms with Crippen LogP contribution in [0, 0.1) is 0 Å². The maximum absolute atomic E-state index is 9.99. The van der Waals surface area contributed by atoms with Gasteiger partial charge in [-0.1, -0.05) is 129 Å². The summed E-state index contributed by atoms with van der Waals surface area (Å²) in [5, 5.41) is 0. The molecule has 0 aromatic rings. The summed E-state index contributed by atoms with van der Waals surface area (Å²) in [4.78, 5) is 9.99. The monoisotopic (exact) mass is 349 g/mol. The number of allylic oxidation sites excluding steroid dienone is 2. The van der Waals surface area contributed by atoms with Crippen molar-refractivity contribution >= 4 is 6.29 Å². The molecule has 0 unspecified atom stereocenters. The Labute approximate surface area is 159 Å². The first-order chi connectivity index (χ1) is 12.4. The van der Waals surface area contributed by atoms with Gasteiger partial charge >= 0.3 is 0 Å². The van der Waals surface area contributed by atoms with E-state index in [1.54, 1.807) is 6.29 Å². The van der Waals surface area contributed by atoms with Gasteiger partial charge in [0.05, 0.1) is 0 Å². The third-order valence-corrected chi connectivity index (χ3v) is 5.16. The van der Waals surface area contributed by atoms with E-state index in [2.05, 4.69) is 6.92 Å². The van der Waals surface area contributed by atoms with Crippen molar-refractivity contribution in [3.8, 4) is 0 Å². The van der Waals surface area contributed by atoms with E-state index in [-0.39, 0.29) is 0 Å². The minimum atomic E-state index is 1.04. The van der Waals surface area contributed by atoms with Crippen molar-refractivity contribution in [1.29, 1.82) is 0 Å². The van der Waals surface area contributed by atoms with E-state index in [0.29, 0.717) is 0 Å². The molecule has 0 aromatic heterocycles. The Morgan fingerprint density at radius 1 is 0.520 bits per heavy atom. The van der Waals surface area contributed by atoms with Crippen LogP contribution in [0.3, 0.4) is 0 Å². The molecule has 0 fully saturated rings. The molecule has 1 radical (unpaired) electrons. The summed E-state index contributed by atoms with van der Waals surface area (Å²) in [6.45, 7) is 2.29. The van der Waals surface area contributed by atoms with Gasteiger partial charge in [0.1, 0.15) is 0 Å². The fraction of sp³-hybridized carbons (Fsp3) is 0.875. The van der Waals surface area contributed by atoms with Gasteiger partial charge in [-0.15, -0.1) is 0 Å². The highest BCUT2D eigenvalue weighted by Crippen LogP contribution is 2.14. The van der Waals surface area contributed by atoms with Crippen LogP contribution in [0.15, 0.2) is 12.2 Å². The zero-order chi connectivity index (χ0) is 18.3. The lowest BCUT2D eigenvalue weighted by Crippen LogP contribution is -1.84. The minimum absolute atomic E-state index is 1.04. The Bertz CT molecular complexity index is 269. The lowest BCUT2D eigenvalue weighted by molar-refractivity contribution is 0.523. The molecule has 25 heavy (non-hydrogen) atoms. The Kier molecular flexibility index (Phi) is 22.9. The fourth-order valence-corrected chi connectivity index (χ4v) is 3.47. The highest BCUT2D eigenvalue weighted by molar-refractivity contribution is 5.65. The quantitative estimate of drug-likeness (QED) is 0.150. The molecule has 0 aliphatic rings. The van der Waals surface area contributed by atoms with Crippen LogP contribution in [0.4, 0.5) is 0 Å². The molecule has 0 atom stereocenters. The van der Waals surface area contributed by atoms with Crippen molar-refractivity contribution in [2.45, 2.75) is 135 Å². The highest BCUT2D eigenvalue weighted by atomic mass is 16.1. The number of hydrogen-bond donors (Lipinski definition) is 0. The first-order valence-electron chi connectivity index (χ1n) is 11.4. The van der Waals surface area contributed by atoms with Crippen LogP contribution in [0.1, 0.15) is 135 Å². The molecule has 0 aliphatic heterocycles. The summed E-state index contributed by atoms with van der Waals surface area (Å²) < 4.78 is 0. The molecule has 0 heterocycles. The summed E-state index contributed by atoms with van der Waals surface area (Å²) >= 11 is 0. The third-order valence-electron chi connectivity index (χ3n) is 5.16. The maximum Gasteiger partial charge on any atom is 0.225 e. The number of hydrogen-bond acceptors (Lipinski definition) is 1. The van der Waals surface area contributed by atoms with Gasteiger partial charge in [-0.05, 0) is 18.9 Å². The zero-order valence-electron chi connectivity index (χ0n) is 17.2. The van der Waals surface area contributed by atoms with Gasteiger partial charge < -0.3 is 0 Å². The Morgan fingerprint density at radius 3 is 1.16 bits per heavy atom. The lowest BCUT2D eigenvalue weighted by Gasteiger charge is -2.03. The van der Waals surface area contributed by atoms with Gasteiger partial charge in [0, 0.05) is 0 Å². The molecule has 0 N–H and O–H groups in total. The molecular formula is C24H45O. The molecule has 0 saturated heterocycles. The van der Waals surface area contributed by atoms with Crippen molar-refractivity contribution in [3.05, 3.63) is 12.2 Å². The predicted octanol–water partition coefficient (Wildman–Crippen LogP) is 8.47. The van der Waals surface area contributed by atoms with E-state index in [1.165, 1.54) is 128 Å². The number of unbranched alkanes of at least 4 members (excludes halogenated alkanes) is 19. The molecule has 0 rings (SSSR count). The Morgan fingerprint density at radius 2 is 0.840 bits per heavy atom. The number of carbonyl (C=O) groups excluding carboxylic acids is 1. The van der Waals surface area contributed by atoms with Crippen LogP contribution in [0.2, 0.25) is 0 Å². The molecular weight excluding hydrogens is 304 g/mol. The van der Waals surface area contributed by atoms with Crippen LogP contribution in [-0.4, -0.2) is 6.29 Å². The lowest BCUT2D eigenvalue weighted by atomic mass is 10.0. The Balaban J connectivity index is 2.98. The second-order valence-corrected chi connectivity index (χ2v) is 7.67. The summed E-state index contributed by atoms with van der Waals surface area (Å²) in [6, 6.07) is 0. The molecule has 1 nitrogen and oxygen atoms in total. The maximum atomic E-state index is 9.99. The SMILES string of the molecule is CCCCCCCCCCCCCCCCCCCCC/C=C/[C]=O.